The smallest absolute Gasteiger partial charge is 0.416 e. The molecule has 6 nitrogen and oxygen atoms in total. The lowest BCUT2D eigenvalue weighted by Crippen LogP contribution is -2.37. The second kappa shape index (κ2) is 10.6. The van der Waals surface area contributed by atoms with Gasteiger partial charge in [-0.1, -0.05) is 12.1 Å². The number of hydrogen-bond acceptors (Lipinski definition) is 4. The van der Waals surface area contributed by atoms with E-state index < -0.39 is 29.2 Å². The van der Waals surface area contributed by atoms with Crippen molar-refractivity contribution in [2.45, 2.75) is 64.3 Å². The summed E-state index contributed by atoms with van der Waals surface area (Å²) in [4.78, 5) is 26.0. The molecule has 35 heavy (non-hydrogen) atoms. The van der Waals surface area contributed by atoms with Gasteiger partial charge in [0, 0.05) is 30.4 Å². The van der Waals surface area contributed by atoms with Gasteiger partial charge in [0.05, 0.1) is 5.56 Å². The molecule has 1 unspecified atom stereocenters. The number of nitrogens with zero attached hydrogens (tertiary/aromatic N) is 1. The van der Waals surface area contributed by atoms with Crippen LogP contribution >= 0.6 is 0 Å². The number of aliphatic carboxylic acids is 1. The molecule has 2 aromatic carbocycles. The standard InChI is InChI=1S/C26H31F3N2O4/c1-17(13-18-7-9-22(10-8-18)35-25(2,3)24(33)34)30-23(32)19-14-20(26(27,28)29)16-21(15-19)31-11-5-4-6-12-31/h7-10,14-17H,4-6,11-13H2,1-3H3,(H,30,32)(H,33,34). The van der Waals surface area contributed by atoms with Gasteiger partial charge in [0.2, 0.25) is 0 Å². The zero-order valence-corrected chi connectivity index (χ0v) is 20.1. The maximum absolute atomic E-state index is 13.5. The first-order chi connectivity index (χ1) is 16.3. The normalized spacial score (nSPS) is 15.4. The van der Waals surface area contributed by atoms with Crippen LogP contribution in [-0.2, 0) is 17.4 Å². The molecule has 1 amide bonds. The zero-order valence-electron chi connectivity index (χ0n) is 20.1. The summed E-state index contributed by atoms with van der Waals surface area (Å²) in [7, 11) is 0. The fourth-order valence-corrected chi connectivity index (χ4v) is 3.98. The lowest BCUT2D eigenvalue weighted by Gasteiger charge is -2.29. The summed E-state index contributed by atoms with van der Waals surface area (Å²) in [6.07, 6.45) is -1.25. The molecular weight excluding hydrogens is 461 g/mol. The van der Waals surface area contributed by atoms with Crippen molar-refractivity contribution in [1.82, 2.24) is 5.32 Å². The molecule has 1 atom stereocenters. The third kappa shape index (κ3) is 7.13. The summed E-state index contributed by atoms with van der Waals surface area (Å²) in [6.45, 7) is 6.01. The van der Waals surface area contributed by atoms with E-state index in [9.17, 15) is 27.9 Å². The molecule has 0 bridgehead atoms. The van der Waals surface area contributed by atoms with Gasteiger partial charge in [0.15, 0.2) is 5.60 Å². The van der Waals surface area contributed by atoms with E-state index in [-0.39, 0.29) is 11.6 Å². The molecular formula is C26H31F3N2O4. The Morgan fingerprint density at radius 3 is 2.26 bits per heavy atom. The molecule has 1 fully saturated rings. The molecule has 3 rings (SSSR count). The Morgan fingerprint density at radius 1 is 1.06 bits per heavy atom. The van der Waals surface area contributed by atoms with E-state index in [1.807, 2.05) is 4.90 Å². The third-order valence-electron chi connectivity index (χ3n) is 5.96. The van der Waals surface area contributed by atoms with E-state index >= 15 is 0 Å². The highest BCUT2D eigenvalue weighted by Gasteiger charge is 2.33. The minimum absolute atomic E-state index is 0.0214. The Balaban J connectivity index is 1.69. The highest BCUT2D eigenvalue weighted by atomic mass is 19.4. The molecule has 0 spiro atoms. The maximum atomic E-state index is 13.5. The number of carboxylic acids is 1. The molecule has 0 radical (unpaired) electrons. The van der Waals surface area contributed by atoms with Gasteiger partial charge in [-0.25, -0.2) is 4.79 Å². The first kappa shape index (κ1) is 26.4. The van der Waals surface area contributed by atoms with E-state index in [1.165, 1.54) is 19.9 Å². The molecule has 0 aliphatic carbocycles. The minimum atomic E-state index is -4.55. The number of carbonyl (C=O) groups excluding carboxylic acids is 1. The number of benzene rings is 2. The van der Waals surface area contributed by atoms with E-state index in [0.29, 0.717) is 30.9 Å². The summed E-state index contributed by atoms with van der Waals surface area (Å²) in [6, 6.07) is 9.99. The lowest BCUT2D eigenvalue weighted by molar-refractivity contribution is -0.152. The molecule has 9 heteroatoms. The Hall–Kier alpha value is -3.23. The number of ether oxygens (including phenoxy) is 1. The molecule has 0 aromatic heterocycles. The minimum Gasteiger partial charge on any atom is -0.478 e. The van der Waals surface area contributed by atoms with E-state index in [1.54, 1.807) is 31.2 Å². The Labute approximate surface area is 203 Å². The predicted molar refractivity (Wildman–Crippen MR) is 127 cm³/mol. The number of carbonyl (C=O) groups is 2. The lowest BCUT2D eigenvalue weighted by atomic mass is 10.0. The van der Waals surface area contributed by atoms with Crippen molar-refractivity contribution in [2.24, 2.45) is 0 Å². The number of halogens is 3. The van der Waals surface area contributed by atoms with Crippen LogP contribution in [0.5, 0.6) is 5.75 Å². The fraction of sp³-hybridized carbons (Fsp3) is 0.462. The van der Waals surface area contributed by atoms with Crippen LogP contribution in [0, 0.1) is 0 Å². The van der Waals surface area contributed by atoms with E-state index in [0.717, 1.165) is 37.0 Å². The van der Waals surface area contributed by atoms with Crippen LogP contribution in [0.3, 0.4) is 0 Å². The van der Waals surface area contributed by atoms with Crippen LogP contribution in [0.2, 0.25) is 0 Å². The largest absolute Gasteiger partial charge is 0.478 e. The second-order valence-electron chi connectivity index (χ2n) is 9.45. The predicted octanol–water partition coefficient (Wildman–Crippen LogP) is 5.30. The monoisotopic (exact) mass is 492 g/mol. The van der Waals surface area contributed by atoms with Crippen LogP contribution in [0.1, 0.15) is 61.5 Å². The summed E-state index contributed by atoms with van der Waals surface area (Å²) in [5, 5.41) is 12.0. The zero-order chi connectivity index (χ0) is 25.8. The number of anilines is 1. The van der Waals surface area contributed by atoms with Crippen LogP contribution in [0.15, 0.2) is 42.5 Å². The quantitative estimate of drug-likeness (QED) is 0.523. The number of hydrogen-bond donors (Lipinski definition) is 2. The topological polar surface area (TPSA) is 78.9 Å². The molecule has 1 heterocycles. The number of amides is 1. The summed E-state index contributed by atoms with van der Waals surface area (Å²) in [5.74, 6) is -1.26. The molecule has 1 aliphatic heterocycles. The number of piperidine rings is 1. The fourth-order valence-electron chi connectivity index (χ4n) is 3.98. The highest BCUT2D eigenvalue weighted by molar-refractivity contribution is 5.95. The molecule has 0 saturated carbocycles. The number of rotatable bonds is 8. The number of nitrogens with one attached hydrogen (secondary N) is 1. The van der Waals surface area contributed by atoms with E-state index in [2.05, 4.69) is 5.32 Å². The number of alkyl halides is 3. The van der Waals surface area contributed by atoms with Crippen molar-refractivity contribution < 1.29 is 32.6 Å². The Morgan fingerprint density at radius 2 is 1.69 bits per heavy atom. The van der Waals surface area contributed by atoms with Gasteiger partial charge in [-0.2, -0.15) is 13.2 Å². The van der Waals surface area contributed by atoms with Crippen LogP contribution in [-0.4, -0.2) is 41.7 Å². The van der Waals surface area contributed by atoms with Crippen molar-refractivity contribution in [1.29, 1.82) is 0 Å². The van der Waals surface area contributed by atoms with Crippen LogP contribution < -0.4 is 15.0 Å². The van der Waals surface area contributed by atoms with Gasteiger partial charge >= 0.3 is 12.1 Å². The summed E-state index contributed by atoms with van der Waals surface area (Å²) >= 11 is 0. The van der Waals surface area contributed by atoms with Crippen molar-refractivity contribution in [3.8, 4) is 5.75 Å². The number of carboxylic acid groups (broad SMARTS) is 1. The Kier molecular flexibility index (Phi) is 7.97. The van der Waals surface area contributed by atoms with Gasteiger partial charge in [-0.05, 0) is 82.3 Å². The third-order valence-corrected chi connectivity index (χ3v) is 5.96. The average Bonchev–Trinajstić information content (AvgIpc) is 2.79. The SMILES string of the molecule is CC(Cc1ccc(OC(C)(C)C(=O)O)cc1)NC(=O)c1cc(N2CCCCC2)cc(C(F)(F)F)c1. The van der Waals surface area contributed by atoms with Crippen molar-refractivity contribution in [2.75, 3.05) is 18.0 Å². The van der Waals surface area contributed by atoms with Gasteiger partial charge in [-0.15, -0.1) is 0 Å². The van der Waals surface area contributed by atoms with Crippen LogP contribution in [0.25, 0.3) is 0 Å². The van der Waals surface area contributed by atoms with Crippen molar-refractivity contribution >= 4 is 17.6 Å². The van der Waals surface area contributed by atoms with Gasteiger partial charge in [-0.3, -0.25) is 4.79 Å². The molecule has 1 saturated heterocycles. The highest BCUT2D eigenvalue weighted by Crippen LogP contribution is 2.34. The maximum Gasteiger partial charge on any atom is 0.416 e. The van der Waals surface area contributed by atoms with Crippen molar-refractivity contribution in [3.05, 3.63) is 59.2 Å². The van der Waals surface area contributed by atoms with Gasteiger partial charge < -0.3 is 20.1 Å². The second-order valence-corrected chi connectivity index (χ2v) is 9.45. The molecule has 2 N–H and O–H groups in total. The molecule has 190 valence electrons. The molecule has 1 aliphatic rings. The summed E-state index contributed by atoms with van der Waals surface area (Å²) in [5.41, 5.74) is -0.959. The van der Waals surface area contributed by atoms with E-state index in [4.69, 9.17) is 4.74 Å². The van der Waals surface area contributed by atoms with Crippen molar-refractivity contribution in [3.63, 3.8) is 0 Å². The summed E-state index contributed by atoms with van der Waals surface area (Å²) < 4.78 is 46.0. The average molecular weight is 493 g/mol. The van der Waals surface area contributed by atoms with Crippen LogP contribution in [0.4, 0.5) is 18.9 Å². The first-order valence-corrected chi connectivity index (χ1v) is 11.6. The van der Waals surface area contributed by atoms with Gasteiger partial charge in [0.25, 0.3) is 5.91 Å². The Bertz CT molecular complexity index is 1050. The van der Waals surface area contributed by atoms with Gasteiger partial charge in [0.1, 0.15) is 5.75 Å². The molecule has 2 aromatic rings. The first-order valence-electron chi connectivity index (χ1n) is 11.6.